The van der Waals surface area contributed by atoms with Crippen molar-refractivity contribution in [1.82, 2.24) is 9.97 Å². The van der Waals surface area contributed by atoms with Gasteiger partial charge in [0.15, 0.2) is 0 Å². The number of nitrogen functional groups attached to an aromatic ring is 1. The Bertz CT molecular complexity index is 780. The number of anilines is 2. The number of hydrogen-bond donors (Lipinski definition) is 2. The molecule has 0 aliphatic heterocycles. The monoisotopic (exact) mass is 264 g/mol. The lowest BCUT2D eigenvalue weighted by molar-refractivity contribution is 0.102. The van der Waals surface area contributed by atoms with Crippen molar-refractivity contribution in [2.24, 2.45) is 0 Å². The SMILES string of the molecule is Nc1ccccc1NC(=O)c1cccc2nccnc12. The van der Waals surface area contributed by atoms with Crippen molar-refractivity contribution in [3.05, 3.63) is 60.4 Å². The summed E-state index contributed by atoms with van der Waals surface area (Å²) in [5.74, 6) is -0.256. The van der Waals surface area contributed by atoms with Gasteiger partial charge in [0.1, 0.15) is 5.52 Å². The fourth-order valence-corrected chi connectivity index (χ4v) is 1.98. The van der Waals surface area contributed by atoms with Crippen LogP contribution in [-0.2, 0) is 0 Å². The first-order chi connectivity index (χ1) is 9.75. The Morgan fingerprint density at radius 2 is 1.80 bits per heavy atom. The lowest BCUT2D eigenvalue weighted by Gasteiger charge is -2.09. The first-order valence-electron chi connectivity index (χ1n) is 6.11. The predicted molar refractivity (Wildman–Crippen MR) is 78.3 cm³/mol. The van der Waals surface area contributed by atoms with E-state index in [1.54, 1.807) is 36.7 Å². The Hall–Kier alpha value is -2.95. The molecule has 1 amide bonds. The van der Waals surface area contributed by atoms with Crippen LogP contribution in [0.3, 0.4) is 0 Å². The summed E-state index contributed by atoms with van der Waals surface area (Å²) in [6.45, 7) is 0. The zero-order chi connectivity index (χ0) is 13.9. The van der Waals surface area contributed by atoms with Gasteiger partial charge in [-0.15, -0.1) is 0 Å². The number of fused-ring (bicyclic) bond motifs is 1. The molecule has 0 radical (unpaired) electrons. The molecule has 5 heteroatoms. The highest BCUT2D eigenvalue weighted by atomic mass is 16.1. The van der Waals surface area contributed by atoms with Gasteiger partial charge in [0.25, 0.3) is 5.91 Å². The number of aromatic nitrogens is 2. The molecule has 3 aromatic rings. The number of carbonyl (C=O) groups is 1. The van der Waals surface area contributed by atoms with E-state index in [2.05, 4.69) is 15.3 Å². The summed E-state index contributed by atoms with van der Waals surface area (Å²) >= 11 is 0. The fraction of sp³-hybridized carbons (Fsp3) is 0. The minimum atomic E-state index is -0.256. The molecule has 20 heavy (non-hydrogen) atoms. The summed E-state index contributed by atoms with van der Waals surface area (Å²) in [5, 5.41) is 2.79. The number of benzene rings is 2. The number of nitrogens with zero attached hydrogens (tertiary/aromatic N) is 2. The lowest BCUT2D eigenvalue weighted by atomic mass is 10.1. The average Bonchev–Trinajstić information content (AvgIpc) is 2.49. The van der Waals surface area contributed by atoms with Crippen LogP contribution in [0.1, 0.15) is 10.4 Å². The topological polar surface area (TPSA) is 80.9 Å². The number of rotatable bonds is 2. The molecule has 0 aliphatic rings. The van der Waals surface area contributed by atoms with E-state index in [1.165, 1.54) is 0 Å². The molecule has 0 saturated carbocycles. The minimum Gasteiger partial charge on any atom is -0.397 e. The maximum Gasteiger partial charge on any atom is 0.257 e. The minimum absolute atomic E-state index is 0.256. The van der Waals surface area contributed by atoms with Crippen molar-refractivity contribution in [2.45, 2.75) is 0 Å². The highest BCUT2D eigenvalue weighted by Gasteiger charge is 2.12. The first-order valence-corrected chi connectivity index (χ1v) is 6.11. The van der Waals surface area contributed by atoms with Crippen LogP contribution >= 0.6 is 0 Å². The zero-order valence-corrected chi connectivity index (χ0v) is 10.6. The van der Waals surface area contributed by atoms with Crippen LogP contribution in [0.25, 0.3) is 11.0 Å². The van der Waals surface area contributed by atoms with Crippen LogP contribution in [0.4, 0.5) is 11.4 Å². The number of amides is 1. The van der Waals surface area contributed by atoms with Crippen molar-refractivity contribution < 1.29 is 4.79 Å². The lowest BCUT2D eigenvalue weighted by Crippen LogP contribution is -2.14. The number of carbonyl (C=O) groups excluding carboxylic acids is 1. The standard InChI is InChI=1S/C15H12N4O/c16-11-5-1-2-6-12(11)19-15(20)10-4-3-7-13-14(10)18-9-8-17-13/h1-9H,16H2,(H,19,20). The van der Waals surface area contributed by atoms with E-state index >= 15 is 0 Å². The first kappa shape index (κ1) is 12.1. The number of nitrogens with two attached hydrogens (primary N) is 1. The quantitative estimate of drug-likeness (QED) is 0.697. The second-order valence-corrected chi connectivity index (χ2v) is 4.27. The van der Waals surface area contributed by atoms with Gasteiger partial charge in [-0.25, -0.2) is 0 Å². The third-order valence-electron chi connectivity index (χ3n) is 2.95. The smallest absolute Gasteiger partial charge is 0.257 e. The largest absolute Gasteiger partial charge is 0.397 e. The highest BCUT2D eigenvalue weighted by molar-refractivity contribution is 6.12. The molecule has 0 bridgehead atoms. The van der Waals surface area contributed by atoms with Gasteiger partial charge in [-0.1, -0.05) is 18.2 Å². The van der Waals surface area contributed by atoms with Crippen molar-refractivity contribution in [2.75, 3.05) is 11.1 Å². The van der Waals surface area contributed by atoms with E-state index in [1.807, 2.05) is 18.2 Å². The Labute approximate surface area is 115 Å². The van der Waals surface area contributed by atoms with Gasteiger partial charge >= 0.3 is 0 Å². The van der Waals surface area contributed by atoms with Crippen molar-refractivity contribution in [3.63, 3.8) is 0 Å². The second-order valence-electron chi connectivity index (χ2n) is 4.27. The zero-order valence-electron chi connectivity index (χ0n) is 10.6. The molecule has 98 valence electrons. The van der Waals surface area contributed by atoms with Gasteiger partial charge in [0.05, 0.1) is 22.5 Å². The van der Waals surface area contributed by atoms with E-state index in [0.717, 1.165) is 0 Å². The number of para-hydroxylation sites is 3. The maximum atomic E-state index is 12.3. The molecular formula is C15H12N4O. The molecule has 0 aliphatic carbocycles. The summed E-state index contributed by atoms with van der Waals surface area (Å²) < 4.78 is 0. The van der Waals surface area contributed by atoms with E-state index in [9.17, 15) is 4.79 Å². The Morgan fingerprint density at radius 3 is 2.65 bits per heavy atom. The fourth-order valence-electron chi connectivity index (χ4n) is 1.98. The Morgan fingerprint density at radius 1 is 1.00 bits per heavy atom. The van der Waals surface area contributed by atoms with Crippen LogP contribution in [-0.4, -0.2) is 15.9 Å². The number of nitrogens with one attached hydrogen (secondary N) is 1. The molecular weight excluding hydrogens is 252 g/mol. The summed E-state index contributed by atoms with van der Waals surface area (Å²) in [6, 6.07) is 12.4. The van der Waals surface area contributed by atoms with Gasteiger partial charge in [-0.05, 0) is 24.3 Å². The molecule has 1 aromatic heterocycles. The summed E-state index contributed by atoms with van der Waals surface area (Å²) in [4.78, 5) is 20.7. The normalized spacial score (nSPS) is 10.4. The molecule has 3 N–H and O–H groups in total. The van der Waals surface area contributed by atoms with E-state index < -0.39 is 0 Å². The van der Waals surface area contributed by atoms with Crippen LogP contribution < -0.4 is 11.1 Å². The maximum absolute atomic E-state index is 12.3. The van der Waals surface area contributed by atoms with Gasteiger partial charge in [0, 0.05) is 12.4 Å². The predicted octanol–water partition coefficient (Wildman–Crippen LogP) is 2.46. The van der Waals surface area contributed by atoms with E-state index in [4.69, 9.17) is 5.73 Å². The van der Waals surface area contributed by atoms with Gasteiger partial charge in [0.2, 0.25) is 0 Å². The molecule has 0 fully saturated rings. The molecule has 1 heterocycles. The van der Waals surface area contributed by atoms with Crippen LogP contribution in [0, 0.1) is 0 Å². The molecule has 2 aromatic carbocycles. The average molecular weight is 264 g/mol. The van der Waals surface area contributed by atoms with Crippen LogP contribution in [0.5, 0.6) is 0 Å². The van der Waals surface area contributed by atoms with Gasteiger partial charge in [-0.2, -0.15) is 0 Å². The molecule has 5 nitrogen and oxygen atoms in total. The second kappa shape index (κ2) is 4.97. The Kier molecular flexibility index (Phi) is 3.01. The summed E-state index contributed by atoms with van der Waals surface area (Å²) in [7, 11) is 0. The number of hydrogen-bond acceptors (Lipinski definition) is 4. The molecule has 3 rings (SSSR count). The summed E-state index contributed by atoms with van der Waals surface area (Å²) in [6.07, 6.45) is 3.16. The third-order valence-corrected chi connectivity index (χ3v) is 2.95. The molecule has 0 spiro atoms. The van der Waals surface area contributed by atoms with Crippen molar-refractivity contribution in [3.8, 4) is 0 Å². The van der Waals surface area contributed by atoms with Crippen LogP contribution in [0.15, 0.2) is 54.9 Å². The highest BCUT2D eigenvalue weighted by Crippen LogP contribution is 2.20. The van der Waals surface area contributed by atoms with Crippen LogP contribution in [0.2, 0.25) is 0 Å². The molecule has 0 saturated heterocycles. The van der Waals surface area contributed by atoms with E-state index in [0.29, 0.717) is 28.0 Å². The molecule has 0 unspecified atom stereocenters. The van der Waals surface area contributed by atoms with Gasteiger partial charge < -0.3 is 11.1 Å². The van der Waals surface area contributed by atoms with Crippen molar-refractivity contribution >= 4 is 28.3 Å². The Balaban J connectivity index is 1.99. The summed E-state index contributed by atoms with van der Waals surface area (Å²) in [5.41, 5.74) is 8.64. The molecule has 0 atom stereocenters. The van der Waals surface area contributed by atoms with Crippen molar-refractivity contribution in [1.29, 1.82) is 0 Å². The van der Waals surface area contributed by atoms with Gasteiger partial charge in [-0.3, -0.25) is 14.8 Å². The third kappa shape index (κ3) is 2.16. The van der Waals surface area contributed by atoms with E-state index in [-0.39, 0.29) is 5.91 Å².